The number of hydrogen-bond acceptors (Lipinski definition) is 4. The molecule has 0 unspecified atom stereocenters. The Balaban J connectivity index is 2.29. The second-order valence-electron chi connectivity index (χ2n) is 3.67. The molecule has 0 aliphatic rings. The third-order valence-electron chi connectivity index (χ3n) is 2.56. The van der Waals surface area contributed by atoms with Gasteiger partial charge in [-0.2, -0.15) is 0 Å². The Hall–Kier alpha value is -2.36. The van der Waals surface area contributed by atoms with Crippen LogP contribution in [0.15, 0.2) is 42.7 Å². The molecular weight excluding hydrogens is 230 g/mol. The SMILES string of the molecule is COc1ccc(C(=O)c2cncc(OC)c2)cc1. The van der Waals surface area contributed by atoms with Gasteiger partial charge in [0.25, 0.3) is 0 Å². The van der Waals surface area contributed by atoms with E-state index in [2.05, 4.69) is 4.98 Å². The summed E-state index contributed by atoms with van der Waals surface area (Å²) in [5, 5.41) is 0. The third-order valence-corrected chi connectivity index (χ3v) is 2.56. The maximum atomic E-state index is 12.2. The summed E-state index contributed by atoms with van der Waals surface area (Å²) in [5.74, 6) is 1.19. The molecule has 1 aromatic carbocycles. The predicted molar refractivity (Wildman–Crippen MR) is 67.2 cm³/mol. The highest BCUT2D eigenvalue weighted by atomic mass is 16.5. The van der Waals surface area contributed by atoms with Crippen molar-refractivity contribution in [2.24, 2.45) is 0 Å². The van der Waals surface area contributed by atoms with Gasteiger partial charge < -0.3 is 9.47 Å². The molecule has 0 atom stereocenters. The summed E-state index contributed by atoms with van der Waals surface area (Å²) in [7, 11) is 3.13. The molecule has 2 aromatic rings. The quantitative estimate of drug-likeness (QED) is 0.773. The van der Waals surface area contributed by atoms with Crippen LogP contribution in [0.2, 0.25) is 0 Å². The van der Waals surface area contributed by atoms with Gasteiger partial charge in [0, 0.05) is 17.3 Å². The minimum atomic E-state index is -0.0935. The first kappa shape index (κ1) is 12.1. The van der Waals surface area contributed by atoms with Crippen molar-refractivity contribution >= 4 is 5.78 Å². The summed E-state index contributed by atoms with van der Waals surface area (Å²) in [5.41, 5.74) is 1.09. The van der Waals surface area contributed by atoms with Gasteiger partial charge in [0.2, 0.25) is 0 Å². The maximum Gasteiger partial charge on any atom is 0.194 e. The van der Waals surface area contributed by atoms with Gasteiger partial charge in [-0.1, -0.05) is 0 Å². The fourth-order valence-corrected chi connectivity index (χ4v) is 1.56. The van der Waals surface area contributed by atoms with Crippen LogP contribution < -0.4 is 9.47 Å². The molecule has 1 heterocycles. The number of carbonyl (C=O) groups excluding carboxylic acids is 1. The first-order chi connectivity index (χ1) is 8.74. The number of nitrogens with zero attached hydrogens (tertiary/aromatic N) is 1. The fourth-order valence-electron chi connectivity index (χ4n) is 1.56. The van der Waals surface area contributed by atoms with Gasteiger partial charge in [0.15, 0.2) is 5.78 Å². The Labute approximate surface area is 105 Å². The summed E-state index contributed by atoms with van der Waals surface area (Å²) < 4.78 is 10.1. The summed E-state index contributed by atoms with van der Waals surface area (Å²) >= 11 is 0. The third kappa shape index (κ3) is 2.48. The minimum absolute atomic E-state index is 0.0935. The maximum absolute atomic E-state index is 12.2. The van der Waals surface area contributed by atoms with Crippen LogP contribution in [0.5, 0.6) is 11.5 Å². The van der Waals surface area contributed by atoms with Gasteiger partial charge in [-0.05, 0) is 30.3 Å². The van der Waals surface area contributed by atoms with Gasteiger partial charge >= 0.3 is 0 Å². The van der Waals surface area contributed by atoms with Crippen LogP contribution in [-0.2, 0) is 0 Å². The zero-order chi connectivity index (χ0) is 13.0. The fraction of sp³-hybridized carbons (Fsp3) is 0.143. The number of ether oxygens (including phenoxy) is 2. The van der Waals surface area contributed by atoms with E-state index in [1.807, 2.05) is 0 Å². The number of ketones is 1. The number of methoxy groups -OCH3 is 2. The van der Waals surface area contributed by atoms with Gasteiger partial charge in [0.1, 0.15) is 11.5 Å². The molecule has 0 spiro atoms. The van der Waals surface area contributed by atoms with Gasteiger partial charge in [-0.3, -0.25) is 9.78 Å². The monoisotopic (exact) mass is 243 g/mol. The summed E-state index contributed by atoms with van der Waals surface area (Å²) in [4.78, 5) is 16.1. The molecule has 1 aromatic heterocycles. The molecule has 18 heavy (non-hydrogen) atoms. The molecule has 0 radical (unpaired) electrons. The van der Waals surface area contributed by atoms with Crippen molar-refractivity contribution in [2.45, 2.75) is 0 Å². The van der Waals surface area contributed by atoms with Crippen LogP contribution in [-0.4, -0.2) is 25.0 Å². The lowest BCUT2D eigenvalue weighted by atomic mass is 10.0. The van der Waals surface area contributed by atoms with E-state index in [0.717, 1.165) is 5.75 Å². The van der Waals surface area contributed by atoms with Gasteiger partial charge in [0.05, 0.1) is 20.4 Å². The van der Waals surface area contributed by atoms with Crippen LogP contribution in [0, 0.1) is 0 Å². The largest absolute Gasteiger partial charge is 0.497 e. The molecule has 0 amide bonds. The topological polar surface area (TPSA) is 48.4 Å². The molecule has 4 heteroatoms. The second kappa shape index (κ2) is 5.31. The van der Waals surface area contributed by atoms with Crippen molar-refractivity contribution in [3.8, 4) is 11.5 Å². The highest BCUT2D eigenvalue weighted by Gasteiger charge is 2.10. The Morgan fingerprint density at radius 2 is 1.61 bits per heavy atom. The zero-order valence-electron chi connectivity index (χ0n) is 10.2. The van der Waals surface area contributed by atoms with Crippen molar-refractivity contribution in [3.63, 3.8) is 0 Å². The molecular formula is C14H13NO3. The van der Waals surface area contributed by atoms with E-state index in [-0.39, 0.29) is 5.78 Å². The Morgan fingerprint density at radius 3 is 2.22 bits per heavy atom. The second-order valence-corrected chi connectivity index (χ2v) is 3.67. The first-order valence-corrected chi connectivity index (χ1v) is 5.42. The Morgan fingerprint density at radius 1 is 0.944 bits per heavy atom. The van der Waals surface area contributed by atoms with Crippen LogP contribution in [0.3, 0.4) is 0 Å². The molecule has 0 aliphatic heterocycles. The first-order valence-electron chi connectivity index (χ1n) is 5.42. The summed E-state index contributed by atoms with van der Waals surface area (Å²) in [6.07, 6.45) is 3.08. The molecule has 2 rings (SSSR count). The molecule has 0 fully saturated rings. The number of carbonyl (C=O) groups is 1. The summed E-state index contributed by atoms with van der Waals surface area (Å²) in [6, 6.07) is 8.61. The molecule has 0 saturated carbocycles. The van der Waals surface area contributed by atoms with Crippen molar-refractivity contribution in [3.05, 3.63) is 53.9 Å². The summed E-state index contributed by atoms with van der Waals surface area (Å²) in [6.45, 7) is 0. The van der Waals surface area contributed by atoms with Crippen molar-refractivity contribution < 1.29 is 14.3 Å². The number of hydrogen-bond donors (Lipinski definition) is 0. The number of rotatable bonds is 4. The smallest absolute Gasteiger partial charge is 0.194 e. The van der Waals surface area contributed by atoms with Crippen LogP contribution in [0.4, 0.5) is 0 Å². The predicted octanol–water partition coefficient (Wildman–Crippen LogP) is 2.33. The van der Waals surface area contributed by atoms with E-state index in [9.17, 15) is 4.79 Å². The zero-order valence-corrected chi connectivity index (χ0v) is 10.2. The molecule has 0 N–H and O–H groups in total. The lowest BCUT2D eigenvalue weighted by Gasteiger charge is -2.04. The average Bonchev–Trinajstić information content (AvgIpc) is 2.46. The molecule has 4 nitrogen and oxygen atoms in total. The van der Waals surface area contributed by atoms with Crippen molar-refractivity contribution in [1.29, 1.82) is 0 Å². The molecule has 92 valence electrons. The van der Waals surface area contributed by atoms with E-state index >= 15 is 0 Å². The van der Waals surface area contributed by atoms with Crippen LogP contribution in [0.1, 0.15) is 15.9 Å². The number of aromatic nitrogens is 1. The van der Waals surface area contributed by atoms with E-state index in [0.29, 0.717) is 16.9 Å². The normalized spacial score (nSPS) is 9.89. The average molecular weight is 243 g/mol. The van der Waals surface area contributed by atoms with E-state index in [4.69, 9.17) is 9.47 Å². The molecule has 0 aliphatic carbocycles. The molecule has 0 saturated heterocycles. The lowest BCUT2D eigenvalue weighted by molar-refractivity contribution is 0.103. The van der Waals surface area contributed by atoms with E-state index in [1.54, 1.807) is 50.7 Å². The van der Waals surface area contributed by atoms with Crippen molar-refractivity contribution in [1.82, 2.24) is 4.98 Å². The minimum Gasteiger partial charge on any atom is -0.497 e. The highest BCUT2D eigenvalue weighted by Crippen LogP contribution is 2.17. The Kier molecular flexibility index (Phi) is 3.57. The Bertz CT molecular complexity index is 549. The van der Waals surface area contributed by atoms with E-state index < -0.39 is 0 Å². The van der Waals surface area contributed by atoms with Gasteiger partial charge in [-0.15, -0.1) is 0 Å². The highest BCUT2D eigenvalue weighted by molar-refractivity contribution is 6.09. The van der Waals surface area contributed by atoms with Crippen LogP contribution in [0.25, 0.3) is 0 Å². The van der Waals surface area contributed by atoms with Crippen LogP contribution >= 0.6 is 0 Å². The standard InChI is InChI=1S/C14H13NO3/c1-17-12-5-3-10(4-6-12)14(16)11-7-13(18-2)9-15-8-11/h3-9H,1-2H3. The lowest BCUT2D eigenvalue weighted by Crippen LogP contribution is -2.02. The number of pyridine rings is 1. The molecule has 0 bridgehead atoms. The number of benzene rings is 1. The van der Waals surface area contributed by atoms with Gasteiger partial charge in [-0.25, -0.2) is 0 Å². The van der Waals surface area contributed by atoms with Crippen molar-refractivity contribution in [2.75, 3.05) is 14.2 Å². The van der Waals surface area contributed by atoms with E-state index in [1.165, 1.54) is 6.20 Å².